The maximum absolute atomic E-state index is 11.4. The summed E-state index contributed by atoms with van der Waals surface area (Å²) in [6, 6.07) is 7.57. The van der Waals surface area contributed by atoms with Crippen LogP contribution < -0.4 is 10.6 Å². The first kappa shape index (κ1) is 45.4. The molecule has 0 spiro atoms. The van der Waals surface area contributed by atoms with E-state index in [1.54, 1.807) is 18.2 Å². The molecule has 7 rings (SSSR count). The quantitative estimate of drug-likeness (QED) is 0.161. The minimum absolute atomic E-state index is 0.0461. The first-order valence-corrected chi connectivity index (χ1v) is 19.8. The van der Waals surface area contributed by atoms with Crippen LogP contribution in [0.25, 0.3) is 5.57 Å². The number of benzene rings is 1. The molecule has 1 aromatic carbocycles. The molecular formula is C48H70N2O3. The molecule has 5 fully saturated rings. The van der Waals surface area contributed by atoms with E-state index in [1.807, 2.05) is 19.1 Å². The highest BCUT2D eigenvalue weighted by Gasteiger charge is 2.69. The Bertz CT molecular complexity index is 1430. The number of carboxylic acids is 1. The zero-order chi connectivity index (χ0) is 40.1. The zero-order valence-corrected chi connectivity index (χ0v) is 33.9. The van der Waals surface area contributed by atoms with Crippen molar-refractivity contribution in [2.75, 3.05) is 19.6 Å². The summed E-state index contributed by atoms with van der Waals surface area (Å²) in [5.41, 5.74) is 4.31. The molecule has 3 N–H and O–H groups in total. The van der Waals surface area contributed by atoms with Crippen LogP contribution in [-0.2, 0) is 4.79 Å². The van der Waals surface area contributed by atoms with Crippen molar-refractivity contribution in [3.63, 3.8) is 0 Å². The van der Waals surface area contributed by atoms with E-state index in [2.05, 4.69) is 96.4 Å². The van der Waals surface area contributed by atoms with Crippen molar-refractivity contribution in [1.29, 1.82) is 0 Å². The number of carbonyl (C=O) groups excluding carboxylic acids is 1. The normalized spacial score (nSPS) is 35.1. The Kier molecular flexibility index (Phi) is 16.8. The number of carbonyl (C=O) groups is 2. The first-order valence-electron chi connectivity index (χ1n) is 19.8. The van der Waals surface area contributed by atoms with E-state index in [4.69, 9.17) is 0 Å². The molecule has 1 saturated heterocycles. The van der Waals surface area contributed by atoms with E-state index >= 15 is 0 Å². The molecule has 1 heterocycles. The Morgan fingerprint density at radius 3 is 1.96 bits per heavy atom. The number of aromatic carboxylic acids is 1. The topological polar surface area (TPSA) is 78.4 Å². The van der Waals surface area contributed by atoms with Gasteiger partial charge in [0.05, 0.1) is 5.56 Å². The van der Waals surface area contributed by atoms with Gasteiger partial charge in [-0.1, -0.05) is 65.3 Å². The largest absolute Gasteiger partial charge is 0.478 e. The van der Waals surface area contributed by atoms with E-state index < -0.39 is 5.97 Å². The highest BCUT2D eigenvalue weighted by Crippen LogP contribution is 2.77. The summed E-state index contributed by atoms with van der Waals surface area (Å²) in [7, 11) is 0. The molecule has 6 aliphatic rings. The van der Waals surface area contributed by atoms with Crippen LogP contribution in [-0.4, -0.2) is 37.1 Å². The Morgan fingerprint density at radius 2 is 1.43 bits per heavy atom. The lowest BCUT2D eigenvalue weighted by atomic mass is 9.32. The number of hydrogen-bond donors (Lipinski definition) is 3. The van der Waals surface area contributed by atoms with Crippen LogP contribution in [0, 0.1) is 89.3 Å². The molecule has 1 aliphatic heterocycles. The first-order chi connectivity index (χ1) is 25.3. The number of terminal acetylenes is 3. The van der Waals surface area contributed by atoms with Crippen molar-refractivity contribution < 1.29 is 14.7 Å². The second-order valence-corrected chi connectivity index (χ2v) is 17.3. The summed E-state index contributed by atoms with van der Waals surface area (Å²) in [4.78, 5) is 22.7. The van der Waals surface area contributed by atoms with Gasteiger partial charge in [-0.15, -0.1) is 45.1 Å². The third-order valence-electron chi connectivity index (χ3n) is 15.1. The standard InChI is InChI=1S/C35H49NO3.C4H9N.C3H6.3C2H2/c1-31(2)25(23-8-10-24(11-9-23)30(38)39)14-17-32(3)28(31)15-18-34(5)29(32)13-12-26-27-7-6-16-35(27,21-36-22-37)20-19-33(26,34)4;1-2-4-5-3-1;1-3-2;3*1-2/h8-11,14,22,26-29H,6-7,12-13,15-21H2,1-5H3,(H,36,37)(H,38,39);5H,1-4H2;3H,1H2,2H3;3*1-2H/t26-,27?,28?,29?,32+,33-,34-,35-;;;;;/m1...../s1. The number of allylic oxidation sites excluding steroid dienone is 3. The van der Waals surface area contributed by atoms with Gasteiger partial charge < -0.3 is 15.7 Å². The highest BCUT2D eigenvalue weighted by atomic mass is 16.4. The van der Waals surface area contributed by atoms with E-state index in [-0.39, 0.29) is 10.8 Å². The van der Waals surface area contributed by atoms with Crippen LogP contribution in [0.15, 0.2) is 43.0 Å². The lowest BCUT2D eigenvalue weighted by Crippen LogP contribution is -2.65. The molecule has 5 aliphatic carbocycles. The van der Waals surface area contributed by atoms with Crippen molar-refractivity contribution in [3.8, 4) is 38.5 Å². The molecule has 290 valence electrons. The third-order valence-corrected chi connectivity index (χ3v) is 15.1. The SMILES string of the molecule is C#C.C#C.C#C.C1CCNC1.C=CC.CC1(C)C(c2ccc(C(=O)O)cc2)=CC[C@@]2(C)C1CC[C@]1(C)C2CC[C@@H]2C3CCC[C@]3(CNC=O)CC[C@]21C. The molecule has 4 saturated carbocycles. The lowest BCUT2D eigenvalue weighted by Gasteiger charge is -2.72. The molecule has 0 bridgehead atoms. The highest BCUT2D eigenvalue weighted by molar-refractivity contribution is 5.88. The van der Waals surface area contributed by atoms with E-state index in [0.29, 0.717) is 27.7 Å². The number of amides is 1. The molecule has 1 amide bonds. The van der Waals surface area contributed by atoms with Crippen LogP contribution in [0.4, 0.5) is 0 Å². The summed E-state index contributed by atoms with van der Waals surface area (Å²) in [5, 5.41) is 15.7. The van der Waals surface area contributed by atoms with Crippen LogP contribution in [0.3, 0.4) is 0 Å². The van der Waals surface area contributed by atoms with Crippen molar-refractivity contribution in [1.82, 2.24) is 10.6 Å². The Morgan fingerprint density at radius 1 is 0.830 bits per heavy atom. The fraction of sp³-hybridized carbons (Fsp3) is 0.625. The molecule has 1 aromatic rings. The molecule has 0 radical (unpaired) electrons. The molecule has 8 atom stereocenters. The van der Waals surface area contributed by atoms with Gasteiger partial charge in [0.2, 0.25) is 6.41 Å². The van der Waals surface area contributed by atoms with Crippen LogP contribution in [0.5, 0.6) is 0 Å². The smallest absolute Gasteiger partial charge is 0.335 e. The number of rotatable bonds is 5. The van der Waals surface area contributed by atoms with Crippen molar-refractivity contribution >= 4 is 18.0 Å². The van der Waals surface area contributed by atoms with Gasteiger partial charge in [-0.25, -0.2) is 4.79 Å². The van der Waals surface area contributed by atoms with Crippen LogP contribution >= 0.6 is 0 Å². The summed E-state index contributed by atoms with van der Waals surface area (Å²) >= 11 is 0. The van der Waals surface area contributed by atoms with Crippen molar-refractivity contribution in [3.05, 3.63) is 54.1 Å². The summed E-state index contributed by atoms with van der Waals surface area (Å²) in [5.74, 6) is 2.01. The predicted molar refractivity (Wildman–Crippen MR) is 224 cm³/mol. The minimum atomic E-state index is -0.862. The molecule has 3 unspecified atom stereocenters. The maximum Gasteiger partial charge on any atom is 0.335 e. The van der Waals surface area contributed by atoms with Gasteiger partial charge in [0.25, 0.3) is 0 Å². The second-order valence-electron chi connectivity index (χ2n) is 17.3. The Labute approximate surface area is 324 Å². The minimum Gasteiger partial charge on any atom is -0.478 e. The van der Waals surface area contributed by atoms with Gasteiger partial charge in [-0.2, -0.15) is 0 Å². The Balaban J connectivity index is 0.000000602. The van der Waals surface area contributed by atoms with Crippen LogP contribution in [0.1, 0.15) is 135 Å². The molecular weight excluding hydrogens is 653 g/mol. The van der Waals surface area contributed by atoms with Crippen molar-refractivity contribution in [2.45, 2.75) is 119 Å². The third kappa shape index (κ3) is 8.50. The fourth-order valence-corrected chi connectivity index (χ4v) is 12.8. The summed E-state index contributed by atoms with van der Waals surface area (Å²) < 4.78 is 0. The maximum atomic E-state index is 11.4. The van der Waals surface area contributed by atoms with Gasteiger partial charge in [0.1, 0.15) is 0 Å². The summed E-state index contributed by atoms with van der Waals surface area (Å²) in [6.07, 6.45) is 44.9. The summed E-state index contributed by atoms with van der Waals surface area (Å²) in [6.45, 7) is 21.5. The van der Waals surface area contributed by atoms with Gasteiger partial charge in [-0.3, -0.25) is 4.79 Å². The molecule has 5 nitrogen and oxygen atoms in total. The fourth-order valence-electron chi connectivity index (χ4n) is 12.8. The Hall–Kier alpha value is -3.72. The second kappa shape index (κ2) is 19.6. The van der Waals surface area contributed by atoms with Gasteiger partial charge in [0.15, 0.2) is 0 Å². The number of fused-ring (bicyclic) bond motifs is 7. The number of nitrogens with one attached hydrogen (secondary N) is 2. The van der Waals surface area contributed by atoms with E-state index in [9.17, 15) is 14.7 Å². The monoisotopic (exact) mass is 723 g/mol. The predicted octanol–water partition coefficient (Wildman–Crippen LogP) is 10.3. The lowest BCUT2D eigenvalue weighted by molar-refractivity contribution is -0.222. The van der Waals surface area contributed by atoms with E-state index in [1.165, 1.54) is 94.9 Å². The van der Waals surface area contributed by atoms with Gasteiger partial charge in [-0.05, 0) is 165 Å². The van der Waals surface area contributed by atoms with E-state index in [0.717, 1.165) is 37.1 Å². The van der Waals surface area contributed by atoms with Gasteiger partial charge >= 0.3 is 5.97 Å². The van der Waals surface area contributed by atoms with Gasteiger partial charge in [0, 0.05) is 6.54 Å². The molecule has 5 heteroatoms. The zero-order valence-electron chi connectivity index (χ0n) is 33.9. The van der Waals surface area contributed by atoms with Crippen molar-refractivity contribution in [2.24, 2.45) is 50.7 Å². The van der Waals surface area contributed by atoms with Crippen LogP contribution in [0.2, 0.25) is 0 Å². The average Bonchev–Trinajstić information content (AvgIpc) is 3.89. The number of hydrogen-bond acceptors (Lipinski definition) is 3. The molecule has 0 aromatic heterocycles. The molecule has 53 heavy (non-hydrogen) atoms. The average molecular weight is 723 g/mol. The number of carboxylic acid groups (broad SMARTS) is 1.